The summed E-state index contributed by atoms with van der Waals surface area (Å²) in [5.74, 6) is 1.58. The molecule has 4 heteroatoms. The van der Waals surface area contributed by atoms with Gasteiger partial charge in [0, 0.05) is 0 Å². The fraction of sp³-hybridized carbons (Fsp3) is 0.667. The summed E-state index contributed by atoms with van der Waals surface area (Å²) in [6.45, 7) is 0.781. The monoisotopic (exact) mass is 181 g/mol. The van der Waals surface area contributed by atoms with Crippen molar-refractivity contribution in [3.05, 3.63) is 17.8 Å². The van der Waals surface area contributed by atoms with Crippen LogP contribution in [-0.2, 0) is 12.1 Å². The summed E-state index contributed by atoms with van der Waals surface area (Å²) < 4.78 is 5.54. The van der Waals surface area contributed by atoms with E-state index in [0.717, 1.165) is 25.1 Å². The number of hydrogen-bond acceptors (Lipinski definition) is 4. The van der Waals surface area contributed by atoms with Gasteiger partial charge in [-0.05, 0) is 26.9 Å². The maximum Gasteiger partial charge on any atom is 0.214 e. The fourth-order valence-electron chi connectivity index (χ4n) is 1.27. The molecule has 0 aromatic carbocycles. The van der Waals surface area contributed by atoms with E-state index in [0.29, 0.717) is 5.89 Å². The summed E-state index contributed by atoms with van der Waals surface area (Å²) in [6, 6.07) is 0. The van der Waals surface area contributed by atoms with E-state index in [2.05, 4.69) is 4.98 Å². The van der Waals surface area contributed by atoms with Gasteiger partial charge in [-0.25, -0.2) is 4.98 Å². The molecular formula is C9H15N3O. The predicted octanol–water partition coefficient (Wildman–Crippen LogP) is 0.684. The molecule has 1 heterocycles. The van der Waals surface area contributed by atoms with Crippen LogP contribution in [0.5, 0.6) is 0 Å². The quantitative estimate of drug-likeness (QED) is 0.745. The van der Waals surface area contributed by atoms with Crippen molar-refractivity contribution in [2.45, 2.75) is 24.9 Å². The van der Waals surface area contributed by atoms with Crippen LogP contribution in [0, 0.1) is 0 Å². The minimum Gasteiger partial charge on any atom is -0.442 e. The van der Waals surface area contributed by atoms with Crippen molar-refractivity contribution in [3.63, 3.8) is 0 Å². The molecule has 4 nitrogen and oxygen atoms in total. The molecule has 1 saturated carbocycles. The van der Waals surface area contributed by atoms with Crippen LogP contribution >= 0.6 is 0 Å². The van der Waals surface area contributed by atoms with Crippen LogP contribution in [0.25, 0.3) is 0 Å². The van der Waals surface area contributed by atoms with Crippen molar-refractivity contribution in [1.29, 1.82) is 0 Å². The Labute approximate surface area is 77.7 Å². The van der Waals surface area contributed by atoms with E-state index in [1.807, 2.05) is 19.0 Å². The van der Waals surface area contributed by atoms with Crippen LogP contribution in [-0.4, -0.2) is 24.0 Å². The lowest BCUT2D eigenvalue weighted by Crippen LogP contribution is -2.18. The molecule has 0 aliphatic heterocycles. The molecule has 0 bridgehead atoms. The highest BCUT2D eigenvalue weighted by molar-refractivity contribution is 5.13. The molecule has 2 rings (SSSR count). The number of hydrogen-bond donors (Lipinski definition) is 1. The van der Waals surface area contributed by atoms with Crippen molar-refractivity contribution < 1.29 is 4.42 Å². The first kappa shape index (κ1) is 8.72. The maximum absolute atomic E-state index is 5.94. The number of aromatic nitrogens is 1. The molecule has 13 heavy (non-hydrogen) atoms. The first-order valence-corrected chi connectivity index (χ1v) is 4.49. The Kier molecular flexibility index (Phi) is 1.89. The topological polar surface area (TPSA) is 55.3 Å². The molecule has 0 amide bonds. The third-order valence-electron chi connectivity index (χ3n) is 2.24. The molecular weight excluding hydrogens is 166 g/mol. The number of oxazole rings is 1. The molecule has 72 valence electrons. The van der Waals surface area contributed by atoms with Gasteiger partial charge in [0.2, 0.25) is 5.89 Å². The zero-order valence-corrected chi connectivity index (χ0v) is 8.08. The van der Waals surface area contributed by atoms with Gasteiger partial charge < -0.3 is 15.1 Å². The Morgan fingerprint density at radius 1 is 1.62 bits per heavy atom. The zero-order valence-electron chi connectivity index (χ0n) is 8.08. The van der Waals surface area contributed by atoms with Crippen LogP contribution < -0.4 is 5.73 Å². The average Bonchev–Trinajstić information content (AvgIpc) is 2.62. The van der Waals surface area contributed by atoms with E-state index < -0.39 is 0 Å². The molecule has 1 aliphatic rings. The van der Waals surface area contributed by atoms with Crippen molar-refractivity contribution >= 4 is 0 Å². The van der Waals surface area contributed by atoms with E-state index in [1.165, 1.54) is 0 Å². The Bertz CT molecular complexity index is 302. The van der Waals surface area contributed by atoms with Gasteiger partial charge in [-0.3, -0.25) is 0 Å². The third-order valence-corrected chi connectivity index (χ3v) is 2.24. The molecule has 1 aromatic rings. The van der Waals surface area contributed by atoms with E-state index in [-0.39, 0.29) is 5.54 Å². The summed E-state index contributed by atoms with van der Waals surface area (Å²) >= 11 is 0. The Morgan fingerprint density at radius 2 is 2.31 bits per heavy atom. The summed E-state index contributed by atoms with van der Waals surface area (Å²) in [5.41, 5.74) is 5.70. The predicted molar refractivity (Wildman–Crippen MR) is 49.0 cm³/mol. The van der Waals surface area contributed by atoms with Gasteiger partial charge in [0.25, 0.3) is 0 Å². The molecule has 0 atom stereocenters. The number of nitrogens with zero attached hydrogens (tertiary/aromatic N) is 2. The van der Waals surface area contributed by atoms with Gasteiger partial charge >= 0.3 is 0 Å². The number of nitrogens with two attached hydrogens (primary N) is 1. The van der Waals surface area contributed by atoms with E-state index in [4.69, 9.17) is 10.2 Å². The number of rotatable bonds is 3. The highest BCUT2D eigenvalue weighted by Crippen LogP contribution is 2.41. The van der Waals surface area contributed by atoms with Gasteiger partial charge in [0.15, 0.2) is 0 Å². The normalized spacial score (nSPS) is 19.4. The molecule has 2 N–H and O–H groups in total. The summed E-state index contributed by atoms with van der Waals surface area (Å²) in [6.07, 6.45) is 3.76. The first-order valence-electron chi connectivity index (χ1n) is 4.49. The Morgan fingerprint density at radius 3 is 2.85 bits per heavy atom. The highest BCUT2D eigenvalue weighted by Gasteiger charge is 2.44. The van der Waals surface area contributed by atoms with E-state index in [1.54, 1.807) is 6.20 Å². The van der Waals surface area contributed by atoms with Crippen LogP contribution in [0.1, 0.15) is 24.5 Å². The molecule has 0 saturated heterocycles. The van der Waals surface area contributed by atoms with Crippen LogP contribution in [0.3, 0.4) is 0 Å². The highest BCUT2D eigenvalue weighted by atomic mass is 16.4. The zero-order chi connectivity index (χ0) is 9.47. The van der Waals surface area contributed by atoms with Gasteiger partial charge in [0.1, 0.15) is 5.76 Å². The van der Waals surface area contributed by atoms with Gasteiger partial charge in [-0.2, -0.15) is 0 Å². The summed E-state index contributed by atoms with van der Waals surface area (Å²) in [7, 11) is 4.00. The second-order valence-electron chi connectivity index (χ2n) is 4.03. The molecule has 0 spiro atoms. The lowest BCUT2D eigenvalue weighted by molar-refractivity contribution is 0.329. The first-order chi connectivity index (χ1) is 6.10. The van der Waals surface area contributed by atoms with Crippen molar-refractivity contribution in [2.75, 3.05) is 14.1 Å². The molecule has 0 radical (unpaired) electrons. The molecule has 1 aliphatic carbocycles. The third kappa shape index (κ3) is 1.73. The summed E-state index contributed by atoms with van der Waals surface area (Å²) in [4.78, 5) is 6.23. The van der Waals surface area contributed by atoms with E-state index >= 15 is 0 Å². The van der Waals surface area contributed by atoms with Crippen molar-refractivity contribution in [3.8, 4) is 0 Å². The minimum absolute atomic E-state index is 0.245. The second kappa shape index (κ2) is 2.82. The van der Waals surface area contributed by atoms with Crippen molar-refractivity contribution in [2.24, 2.45) is 5.73 Å². The lowest BCUT2D eigenvalue weighted by atomic mass is 10.3. The fourth-order valence-corrected chi connectivity index (χ4v) is 1.27. The van der Waals surface area contributed by atoms with Gasteiger partial charge in [0.05, 0.1) is 18.3 Å². The van der Waals surface area contributed by atoms with Gasteiger partial charge in [-0.1, -0.05) is 0 Å². The molecule has 1 fully saturated rings. The summed E-state index contributed by atoms with van der Waals surface area (Å²) in [5, 5.41) is 0. The smallest absolute Gasteiger partial charge is 0.214 e. The average molecular weight is 181 g/mol. The van der Waals surface area contributed by atoms with Crippen LogP contribution in [0.2, 0.25) is 0 Å². The second-order valence-corrected chi connectivity index (χ2v) is 4.03. The SMILES string of the molecule is CN(C)Cc1cnc(C2(N)CC2)o1. The van der Waals surface area contributed by atoms with Gasteiger partial charge in [-0.15, -0.1) is 0 Å². The Hall–Kier alpha value is -0.870. The Balaban J connectivity index is 2.09. The lowest BCUT2D eigenvalue weighted by Gasteiger charge is -2.05. The van der Waals surface area contributed by atoms with Crippen LogP contribution in [0.4, 0.5) is 0 Å². The van der Waals surface area contributed by atoms with Crippen LogP contribution in [0.15, 0.2) is 10.6 Å². The standard InChI is InChI=1S/C9H15N3O/c1-12(2)6-7-5-11-8(13-7)9(10)3-4-9/h5H,3-4,6,10H2,1-2H3. The van der Waals surface area contributed by atoms with E-state index in [9.17, 15) is 0 Å². The van der Waals surface area contributed by atoms with Crippen molar-refractivity contribution in [1.82, 2.24) is 9.88 Å². The molecule has 0 unspecified atom stereocenters. The molecule has 1 aromatic heterocycles. The minimum atomic E-state index is -0.245. The largest absolute Gasteiger partial charge is 0.442 e. The maximum atomic E-state index is 5.94.